The summed E-state index contributed by atoms with van der Waals surface area (Å²) in [6, 6.07) is 12.1. The van der Waals surface area contributed by atoms with E-state index in [-0.39, 0.29) is 12.5 Å². The van der Waals surface area contributed by atoms with E-state index < -0.39 is 6.10 Å². The highest BCUT2D eigenvalue weighted by molar-refractivity contribution is 6.34. The Morgan fingerprint density at radius 2 is 1.86 bits per heavy atom. The van der Waals surface area contributed by atoms with Gasteiger partial charge < -0.3 is 10.4 Å². The Morgan fingerprint density at radius 3 is 2.52 bits per heavy atom. The molecule has 3 nitrogen and oxygen atoms in total. The molecular formula is C16H15Cl2NO2. The number of nitrogens with one attached hydrogen (secondary N) is 1. The van der Waals surface area contributed by atoms with E-state index in [0.29, 0.717) is 21.2 Å². The van der Waals surface area contributed by atoms with E-state index in [0.717, 1.165) is 5.56 Å². The Bertz CT molecular complexity index is 641. The van der Waals surface area contributed by atoms with E-state index in [4.69, 9.17) is 23.2 Å². The highest BCUT2D eigenvalue weighted by Gasteiger charge is 2.14. The number of rotatable bonds is 4. The standard InChI is InChI=1S/C16H15Cl2NO2/c1-10-3-2-4-13(15(10)18)16(21)19-9-14(20)11-5-7-12(17)8-6-11/h2-8,14,20H,9H2,1H3,(H,19,21). The average Bonchev–Trinajstić information content (AvgIpc) is 2.48. The molecule has 1 atom stereocenters. The lowest BCUT2D eigenvalue weighted by molar-refractivity contribution is 0.0916. The Hall–Kier alpha value is -1.55. The Balaban J connectivity index is 2.00. The van der Waals surface area contributed by atoms with Crippen molar-refractivity contribution in [2.24, 2.45) is 0 Å². The second-order valence-electron chi connectivity index (χ2n) is 4.71. The van der Waals surface area contributed by atoms with Crippen LogP contribution in [0.3, 0.4) is 0 Å². The van der Waals surface area contributed by atoms with Gasteiger partial charge in [0.15, 0.2) is 0 Å². The summed E-state index contributed by atoms with van der Waals surface area (Å²) in [4.78, 5) is 12.1. The number of aliphatic hydroxyl groups excluding tert-OH is 1. The second-order valence-corrected chi connectivity index (χ2v) is 5.53. The zero-order valence-electron chi connectivity index (χ0n) is 11.4. The van der Waals surface area contributed by atoms with Crippen LogP contribution in [0.1, 0.15) is 27.6 Å². The summed E-state index contributed by atoms with van der Waals surface area (Å²) >= 11 is 11.9. The zero-order chi connectivity index (χ0) is 15.4. The topological polar surface area (TPSA) is 49.3 Å². The first-order valence-corrected chi connectivity index (χ1v) is 7.21. The number of hydrogen-bond acceptors (Lipinski definition) is 2. The fourth-order valence-corrected chi connectivity index (χ4v) is 2.25. The first-order valence-electron chi connectivity index (χ1n) is 6.46. The summed E-state index contributed by atoms with van der Waals surface area (Å²) in [5, 5.41) is 13.7. The van der Waals surface area contributed by atoms with Crippen molar-refractivity contribution < 1.29 is 9.90 Å². The number of halogens is 2. The van der Waals surface area contributed by atoms with Crippen molar-refractivity contribution in [3.8, 4) is 0 Å². The summed E-state index contributed by atoms with van der Waals surface area (Å²) < 4.78 is 0. The van der Waals surface area contributed by atoms with Crippen LogP contribution in [-0.4, -0.2) is 17.6 Å². The third kappa shape index (κ3) is 3.97. The predicted molar refractivity (Wildman–Crippen MR) is 84.9 cm³/mol. The highest BCUT2D eigenvalue weighted by atomic mass is 35.5. The molecule has 2 N–H and O–H groups in total. The quantitative estimate of drug-likeness (QED) is 0.899. The van der Waals surface area contributed by atoms with E-state index in [1.54, 1.807) is 36.4 Å². The van der Waals surface area contributed by atoms with Crippen molar-refractivity contribution in [2.45, 2.75) is 13.0 Å². The van der Waals surface area contributed by atoms with Gasteiger partial charge in [-0.25, -0.2) is 0 Å². The Labute approximate surface area is 133 Å². The number of carbonyl (C=O) groups excluding carboxylic acids is 1. The van der Waals surface area contributed by atoms with E-state index >= 15 is 0 Å². The van der Waals surface area contributed by atoms with Crippen LogP contribution in [0.2, 0.25) is 10.0 Å². The summed E-state index contributed by atoms with van der Waals surface area (Å²) in [6.07, 6.45) is -0.796. The molecule has 0 aliphatic rings. The van der Waals surface area contributed by atoms with Crippen molar-refractivity contribution >= 4 is 29.1 Å². The molecule has 0 saturated heterocycles. The number of aliphatic hydroxyl groups is 1. The lowest BCUT2D eigenvalue weighted by Crippen LogP contribution is -2.28. The molecule has 1 amide bonds. The van der Waals surface area contributed by atoms with Crippen LogP contribution in [0.25, 0.3) is 0 Å². The summed E-state index contributed by atoms with van der Waals surface area (Å²) in [5.41, 5.74) is 1.93. The van der Waals surface area contributed by atoms with Crippen LogP contribution in [-0.2, 0) is 0 Å². The maximum Gasteiger partial charge on any atom is 0.252 e. The number of aryl methyl sites for hydroxylation is 1. The smallest absolute Gasteiger partial charge is 0.252 e. The van der Waals surface area contributed by atoms with Gasteiger partial charge in [0.05, 0.1) is 16.7 Å². The van der Waals surface area contributed by atoms with E-state index in [9.17, 15) is 9.90 Å². The van der Waals surface area contributed by atoms with Crippen molar-refractivity contribution in [3.05, 3.63) is 69.2 Å². The lowest BCUT2D eigenvalue weighted by Gasteiger charge is -2.13. The normalized spacial score (nSPS) is 12.0. The molecule has 2 aromatic carbocycles. The third-order valence-electron chi connectivity index (χ3n) is 3.15. The van der Waals surface area contributed by atoms with Gasteiger partial charge >= 0.3 is 0 Å². The molecular weight excluding hydrogens is 309 g/mol. The van der Waals surface area contributed by atoms with E-state index in [1.165, 1.54) is 0 Å². The van der Waals surface area contributed by atoms with Crippen LogP contribution in [0.5, 0.6) is 0 Å². The molecule has 0 aromatic heterocycles. The van der Waals surface area contributed by atoms with Crippen molar-refractivity contribution in [1.82, 2.24) is 5.32 Å². The minimum Gasteiger partial charge on any atom is -0.387 e. The van der Waals surface area contributed by atoms with Gasteiger partial charge in [0, 0.05) is 11.6 Å². The predicted octanol–water partition coefficient (Wildman–Crippen LogP) is 3.77. The van der Waals surface area contributed by atoms with Gasteiger partial charge in [0.25, 0.3) is 5.91 Å². The molecule has 0 aliphatic carbocycles. The summed E-state index contributed by atoms with van der Waals surface area (Å²) in [7, 11) is 0. The lowest BCUT2D eigenvalue weighted by atomic mass is 10.1. The molecule has 110 valence electrons. The molecule has 2 rings (SSSR count). The molecule has 0 spiro atoms. The van der Waals surface area contributed by atoms with Crippen LogP contribution in [0.4, 0.5) is 0 Å². The average molecular weight is 324 g/mol. The first kappa shape index (κ1) is 15.8. The minimum atomic E-state index is -0.796. The molecule has 0 aliphatic heterocycles. The molecule has 1 unspecified atom stereocenters. The van der Waals surface area contributed by atoms with Gasteiger partial charge in [-0.3, -0.25) is 4.79 Å². The number of benzene rings is 2. The van der Waals surface area contributed by atoms with Gasteiger partial charge in [-0.1, -0.05) is 47.5 Å². The van der Waals surface area contributed by atoms with Gasteiger partial charge in [0.2, 0.25) is 0 Å². The molecule has 0 bridgehead atoms. The fourth-order valence-electron chi connectivity index (χ4n) is 1.91. The fraction of sp³-hybridized carbons (Fsp3) is 0.188. The van der Waals surface area contributed by atoms with Gasteiger partial charge in [-0.05, 0) is 36.2 Å². The Kier molecular flexibility index (Phi) is 5.23. The van der Waals surface area contributed by atoms with Gasteiger partial charge in [-0.15, -0.1) is 0 Å². The summed E-state index contributed by atoms with van der Waals surface area (Å²) in [6.45, 7) is 1.94. The van der Waals surface area contributed by atoms with Crippen LogP contribution in [0.15, 0.2) is 42.5 Å². The summed E-state index contributed by atoms with van der Waals surface area (Å²) in [5.74, 6) is -0.309. The third-order valence-corrected chi connectivity index (χ3v) is 3.90. The first-order chi connectivity index (χ1) is 9.99. The van der Waals surface area contributed by atoms with Crippen LogP contribution in [0, 0.1) is 6.92 Å². The molecule has 2 aromatic rings. The van der Waals surface area contributed by atoms with Crippen LogP contribution >= 0.6 is 23.2 Å². The highest BCUT2D eigenvalue weighted by Crippen LogP contribution is 2.20. The zero-order valence-corrected chi connectivity index (χ0v) is 12.9. The minimum absolute atomic E-state index is 0.102. The monoisotopic (exact) mass is 323 g/mol. The molecule has 0 heterocycles. The maximum atomic E-state index is 12.1. The number of hydrogen-bond donors (Lipinski definition) is 2. The van der Waals surface area contributed by atoms with Gasteiger partial charge in [0.1, 0.15) is 0 Å². The van der Waals surface area contributed by atoms with Crippen molar-refractivity contribution in [3.63, 3.8) is 0 Å². The largest absolute Gasteiger partial charge is 0.387 e. The van der Waals surface area contributed by atoms with E-state index in [2.05, 4.69) is 5.32 Å². The van der Waals surface area contributed by atoms with Crippen molar-refractivity contribution in [1.29, 1.82) is 0 Å². The van der Waals surface area contributed by atoms with E-state index in [1.807, 2.05) is 13.0 Å². The Morgan fingerprint density at radius 1 is 1.19 bits per heavy atom. The van der Waals surface area contributed by atoms with Crippen LogP contribution < -0.4 is 5.32 Å². The molecule has 21 heavy (non-hydrogen) atoms. The maximum absolute atomic E-state index is 12.1. The van der Waals surface area contributed by atoms with Gasteiger partial charge in [-0.2, -0.15) is 0 Å². The second kappa shape index (κ2) is 6.94. The number of amides is 1. The SMILES string of the molecule is Cc1cccc(C(=O)NCC(O)c2ccc(Cl)cc2)c1Cl. The number of carbonyl (C=O) groups is 1. The molecule has 0 fully saturated rings. The van der Waals surface area contributed by atoms with Crippen molar-refractivity contribution in [2.75, 3.05) is 6.54 Å². The molecule has 0 saturated carbocycles. The molecule has 5 heteroatoms. The molecule has 0 radical (unpaired) electrons.